The van der Waals surface area contributed by atoms with E-state index in [-0.39, 0.29) is 18.5 Å². The molecule has 2 atom stereocenters. The van der Waals surface area contributed by atoms with Crippen LogP contribution in [-0.2, 0) is 14.3 Å². The highest BCUT2D eigenvalue weighted by atomic mass is 16.5. The van der Waals surface area contributed by atoms with Gasteiger partial charge < -0.3 is 20.3 Å². The first-order valence-electron chi connectivity index (χ1n) is 36.2. The second-order valence-corrected chi connectivity index (χ2v) is 24.9. The van der Waals surface area contributed by atoms with Crippen molar-refractivity contribution in [2.75, 3.05) is 13.2 Å². The molecule has 0 saturated heterocycles. The maximum Gasteiger partial charge on any atom is 0.305 e. The van der Waals surface area contributed by atoms with Crippen LogP contribution >= 0.6 is 0 Å². The smallest absolute Gasteiger partial charge is 0.305 e. The zero-order valence-corrected chi connectivity index (χ0v) is 54.1. The largest absolute Gasteiger partial charge is 0.466 e. The molecule has 0 aromatic heterocycles. The number of ether oxygens (including phenoxy) is 1. The number of hydrogen-bond acceptors (Lipinski definition) is 5. The van der Waals surface area contributed by atoms with Crippen LogP contribution in [0.5, 0.6) is 0 Å². The van der Waals surface area contributed by atoms with Gasteiger partial charge in [0.2, 0.25) is 5.91 Å². The molecule has 0 rings (SSSR count). The molecular formula is C74H141NO5. The predicted molar refractivity (Wildman–Crippen MR) is 352 cm³/mol. The summed E-state index contributed by atoms with van der Waals surface area (Å²) in [5, 5.41) is 23.4. The second-order valence-electron chi connectivity index (χ2n) is 24.9. The molecule has 0 aliphatic heterocycles. The Morgan fingerprint density at radius 2 is 0.625 bits per heavy atom. The third kappa shape index (κ3) is 65.2. The van der Waals surface area contributed by atoms with Crippen LogP contribution in [0.1, 0.15) is 399 Å². The summed E-state index contributed by atoms with van der Waals surface area (Å²) in [4.78, 5) is 24.7. The standard InChI is InChI=1S/C74H141NO5/c1-3-5-7-9-11-13-15-17-19-21-23-24-25-26-27-28-31-34-38-42-46-50-54-58-62-66-72(77)71(70-76)75-73(78)67-63-59-55-51-47-43-39-35-32-29-30-33-37-41-45-49-53-57-61-65-69-80-74(79)68-64-60-56-52-48-44-40-36-22-20-18-16-14-12-10-8-6-4-2/h14,16,20,22,29,32,71-72,76-77H,3-13,15,17-19,21,23-28,30-31,33-70H2,1-2H3,(H,75,78)/b16-14-,22-20-,32-29-. The SMILES string of the molecule is CCCCCC/C=C\C/C=C\CCCCCCCCCC(=O)OCCCCCCCCCCC/C=C\CCCCCCCCCC(=O)NC(CO)C(O)CCCCCCCCCCCCCCCCCCCCCCCCCCC. The van der Waals surface area contributed by atoms with Crippen molar-refractivity contribution < 1.29 is 24.5 Å². The van der Waals surface area contributed by atoms with Gasteiger partial charge in [0.15, 0.2) is 0 Å². The molecule has 0 heterocycles. The van der Waals surface area contributed by atoms with Gasteiger partial charge in [-0.3, -0.25) is 9.59 Å². The number of aliphatic hydroxyl groups is 2. The number of carbonyl (C=O) groups is 2. The monoisotopic (exact) mass is 1120 g/mol. The predicted octanol–water partition coefficient (Wildman–Crippen LogP) is 23.5. The van der Waals surface area contributed by atoms with Gasteiger partial charge in [0.1, 0.15) is 0 Å². The lowest BCUT2D eigenvalue weighted by molar-refractivity contribution is -0.143. The van der Waals surface area contributed by atoms with Crippen LogP contribution in [0.25, 0.3) is 0 Å². The molecule has 0 bridgehead atoms. The highest BCUT2D eigenvalue weighted by molar-refractivity contribution is 5.76. The molecule has 0 aromatic carbocycles. The summed E-state index contributed by atoms with van der Waals surface area (Å²) in [5.74, 6) is -0.0396. The Labute approximate surface area is 500 Å². The molecular weight excluding hydrogens is 983 g/mol. The highest BCUT2D eigenvalue weighted by Gasteiger charge is 2.20. The zero-order valence-electron chi connectivity index (χ0n) is 54.1. The van der Waals surface area contributed by atoms with E-state index in [0.29, 0.717) is 25.9 Å². The van der Waals surface area contributed by atoms with Gasteiger partial charge in [0.05, 0.1) is 25.4 Å². The molecule has 6 nitrogen and oxygen atoms in total. The molecule has 0 saturated carbocycles. The van der Waals surface area contributed by atoms with Crippen molar-refractivity contribution in [3.8, 4) is 0 Å². The lowest BCUT2D eigenvalue weighted by Gasteiger charge is -2.22. The van der Waals surface area contributed by atoms with E-state index in [1.54, 1.807) is 0 Å². The summed E-state index contributed by atoms with van der Waals surface area (Å²) >= 11 is 0. The van der Waals surface area contributed by atoms with Crippen molar-refractivity contribution in [3.05, 3.63) is 36.5 Å². The van der Waals surface area contributed by atoms with Crippen molar-refractivity contribution in [3.63, 3.8) is 0 Å². The van der Waals surface area contributed by atoms with Crippen LogP contribution in [-0.4, -0.2) is 47.4 Å². The van der Waals surface area contributed by atoms with Crippen LogP contribution in [0, 0.1) is 0 Å². The number of amides is 1. The number of nitrogens with one attached hydrogen (secondary N) is 1. The van der Waals surface area contributed by atoms with Gasteiger partial charge in [0, 0.05) is 12.8 Å². The summed E-state index contributed by atoms with van der Waals surface area (Å²) in [7, 11) is 0. The van der Waals surface area contributed by atoms with E-state index < -0.39 is 12.1 Å². The number of esters is 1. The second kappa shape index (κ2) is 69.6. The van der Waals surface area contributed by atoms with Gasteiger partial charge in [0.25, 0.3) is 0 Å². The molecule has 3 N–H and O–H groups in total. The van der Waals surface area contributed by atoms with E-state index >= 15 is 0 Å². The molecule has 0 radical (unpaired) electrons. The fourth-order valence-corrected chi connectivity index (χ4v) is 11.4. The Kier molecular flexibility index (Phi) is 67.9. The first-order valence-corrected chi connectivity index (χ1v) is 36.2. The quantitative estimate of drug-likeness (QED) is 0.0320. The number of carbonyl (C=O) groups excluding carboxylic acids is 2. The van der Waals surface area contributed by atoms with Crippen LogP contribution in [0.2, 0.25) is 0 Å². The van der Waals surface area contributed by atoms with E-state index in [4.69, 9.17) is 4.74 Å². The average Bonchev–Trinajstić information content (AvgIpc) is 3.46. The maximum absolute atomic E-state index is 12.6. The summed E-state index contributed by atoms with van der Waals surface area (Å²) in [5.41, 5.74) is 0. The summed E-state index contributed by atoms with van der Waals surface area (Å²) < 4.78 is 5.50. The Hall–Kier alpha value is -1.92. The van der Waals surface area contributed by atoms with Crippen molar-refractivity contribution in [1.29, 1.82) is 0 Å². The number of hydrogen-bond donors (Lipinski definition) is 3. The topological polar surface area (TPSA) is 95.9 Å². The summed E-state index contributed by atoms with van der Waals surface area (Å²) in [6.07, 6.45) is 89.0. The summed E-state index contributed by atoms with van der Waals surface area (Å²) in [6.45, 7) is 4.96. The third-order valence-electron chi connectivity index (χ3n) is 16.9. The zero-order chi connectivity index (χ0) is 57.8. The lowest BCUT2D eigenvalue weighted by Crippen LogP contribution is -2.45. The van der Waals surface area contributed by atoms with E-state index in [1.807, 2.05) is 0 Å². The molecule has 80 heavy (non-hydrogen) atoms. The minimum absolute atomic E-state index is 0.000179. The Morgan fingerprint density at radius 1 is 0.350 bits per heavy atom. The summed E-state index contributed by atoms with van der Waals surface area (Å²) in [6, 6.07) is -0.550. The molecule has 0 spiro atoms. The van der Waals surface area contributed by atoms with Gasteiger partial charge in [-0.05, 0) is 83.5 Å². The first-order chi connectivity index (χ1) is 39.5. The molecule has 6 heteroatoms. The van der Waals surface area contributed by atoms with Crippen molar-refractivity contribution in [2.24, 2.45) is 0 Å². The number of unbranched alkanes of at least 4 members (excludes halogenated alkanes) is 51. The average molecular weight is 1120 g/mol. The fourth-order valence-electron chi connectivity index (χ4n) is 11.4. The van der Waals surface area contributed by atoms with Gasteiger partial charge in [-0.2, -0.15) is 0 Å². The Bertz CT molecular complexity index is 1300. The van der Waals surface area contributed by atoms with E-state index in [1.165, 1.54) is 315 Å². The van der Waals surface area contributed by atoms with Crippen LogP contribution in [0.3, 0.4) is 0 Å². The Morgan fingerprint density at radius 3 is 0.975 bits per heavy atom. The van der Waals surface area contributed by atoms with E-state index in [2.05, 4.69) is 55.6 Å². The maximum atomic E-state index is 12.6. The van der Waals surface area contributed by atoms with Crippen LogP contribution in [0.15, 0.2) is 36.5 Å². The molecule has 1 amide bonds. The normalized spacial score (nSPS) is 12.7. The number of allylic oxidation sites excluding steroid dienone is 6. The van der Waals surface area contributed by atoms with Gasteiger partial charge in [-0.25, -0.2) is 0 Å². The number of aliphatic hydroxyl groups excluding tert-OH is 2. The minimum Gasteiger partial charge on any atom is -0.466 e. The lowest BCUT2D eigenvalue weighted by atomic mass is 10.0. The van der Waals surface area contributed by atoms with Crippen LogP contribution in [0.4, 0.5) is 0 Å². The van der Waals surface area contributed by atoms with Gasteiger partial charge >= 0.3 is 5.97 Å². The molecule has 0 aliphatic rings. The van der Waals surface area contributed by atoms with Crippen LogP contribution < -0.4 is 5.32 Å². The van der Waals surface area contributed by atoms with E-state index in [0.717, 1.165) is 51.4 Å². The fraction of sp³-hybridized carbons (Fsp3) is 0.892. The van der Waals surface area contributed by atoms with Crippen molar-refractivity contribution >= 4 is 11.9 Å². The molecule has 0 fully saturated rings. The minimum atomic E-state index is -0.672. The Balaban J connectivity index is 3.42. The van der Waals surface area contributed by atoms with Crippen molar-refractivity contribution in [2.45, 2.75) is 411 Å². The molecule has 2 unspecified atom stereocenters. The van der Waals surface area contributed by atoms with Crippen molar-refractivity contribution in [1.82, 2.24) is 5.32 Å². The van der Waals surface area contributed by atoms with Gasteiger partial charge in [-0.15, -0.1) is 0 Å². The first kappa shape index (κ1) is 78.1. The number of rotatable bonds is 68. The molecule has 0 aromatic rings. The van der Waals surface area contributed by atoms with E-state index in [9.17, 15) is 19.8 Å². The highest BCUT2D eigenvalue weighted by Crippen LogP contribution is 2.19. The molecule has 0 aliphatic carbocycles. The molecule has 472 valence electrons. The third-order valence-corrected chi connectivity index (χ3v) is 16.9. The van der Waals surface area contributed by atoms with Gasteiger partial charge in [-0.1, -0.05) is 339 Å².